The molecule has 1 aromatic rings. The van der Waals surface area contributed by atoms with Crippen LogP contribution in [-0.4, -0.2) is 32.2 Å². The molecule has 1 aromatic heterocycles. The number of carbonyl (C=O) groups excluding carboxylic acids is 1. The molecule has 0 bridgehead atoms. The van der Waals surface area contributed by atoms with Gasteiger partial charge in [0, 0.05) is 0 Å². The van der Waals surface area contributed by atoms with Gasteiger partial charge in [0.15, 0.2) is 0 Å². The third kappa shape index (κ3) is 3.10. The third-order valence-electron chi connectivity index (χ3n) is 3.62. The molecule has 7 nitrogen and oxygen atoms in total. The van der Waals surface area contributed by atoms with E-state index in [0.29, 0.717) is 18.7 Å². The normalized spacial score (nSPS) is 24.7. The standard InChI is InChI=1S/C12H18N4O3/c1-7(10-13-6-14-16-10)15-11(17)8-4-2-3-5-9(8)12(18)19/h6-9H,2-5H2,1H3,(H,15,17)(H,18,19)(H,13,14,16)/t7?,8-,9+/m1/s1. The van der Waals surface area contributed by atoms with Crippen molar-refractivity contribution in [2.24, 2.45) is 11.8 Å². The Morgan fingerprint density at radius 2 is 2.11 bits per heavy atom. The molecule has 0 saturated heterocycles. The minimum absolute atomic E-state index is 0.212. The number of amides is 1. The molecule has 1 unspecified atom stereocenters. The van der Waals surface area contributed by atoms with Crippen LogP contribution in [0.15, 0.2) is 6.33 Å². The van der Waals surface area contributed by atoms with Crippen LogP contribution < -0.4 is 5.32 Å². The lowest BCUT2D eigenvalue weighted by atomic mass is 9.78. The van der Waals surface area contributed by atoms with Crippen molar-refractivity contribution in [3.8, 4) is 0 Å². The number of hydrogen-bond donors (Lipinski definition) is 3. The predicted octanol–water partition coefficient (Wildman–Crippen LogP) is 0.873. The average molecular weight is 266 g/mol. The van der Waals surface area contributed by atoms with E-state index in [9.17, 15) is 9.59 Å². The van der Waals surface area contributed by atoms with E-state index in [1.165, 1.54) is 6.33 Å². The van der Waals surface area contributed by atoms with Crippen LogP contribution in [-0.2, 0) is 9.59 Å². The second-order valence-corrected chi connectivity index (χ2v) is 4.94. The van der Waals surface area contributed by atoms with Crippen molar-refractivity contribution in [1.29, 1.82) is 0 Å². The highest BCUT2D eigenvalue weighted by molar-refractivity contribution is 5.85. The van der Waals surface area contributed by atoms with Gasteiger partial charge < -0.3 is 10.4 Å². The molecule has 7 heteroatoms. The van der Waals surface area contributed by atoms with E-state index >= 15 is 0 Å². The maximum absolute atomic E-state index is 12.2. The lowest BCUT2D eigenvalue weighted by Gasteiger charge is -2.28. The van der Waals surface area contributed by atoms with Crippen LogP contribution in [0.5, 0.6) is 0 Å². The second kappa shape index (κ2) is 5.81. The van der Waals surface area contributed by atoms with Crippen molar-refractivity contribution in [2.45, 2.75) is 38.6 Å². The van der Waals surface area contributed by atoms with Gasteiger partial charge in [-0.25, -0.2) is 4.98 Å². The maximum atomic E-state index is 12.2. The van der Waals surface area contributed by atoms with Crippen molar-refractivity contribution in [2.75, 3.05) is 0 Å². The monoisotopic (exact) mass is 266 g/mol. The molecule has 19 heavy (non-hydrogen) atoms. The highest BCUT2D eigenvalue weighted by atomic mass is 16.4. The van der Waals surface area contributed by atoms with Gasteiger partial charge >= 0.3 is 5.97 Å². The third-order valence-corrected chi connectivity index (χ3v) is 3.62. The maximum Gasteiger partial charge on any atom is 0.307 e. The molecular weight excluding hydrogens is 248 g/mol. The first-order valence-electron chi connectivity index (χ1n) is 6.48. The molecule has 2 rings (SSSR count). The molecular formula is C12H18N4O3. The van der Waals surface area contributed by atoms with Gasteiger partial charge in [0.25, 0.3) is 0 Å². The Morgan fingerprint density at radius 1 is 1.42 bits per heavy atom. The summed E-state index contributed by atoms with van der Waals surface area (Å²) in [5.41, 5.74) is 0. The quantitative estimate of drug-likeness (QED) is 0.749. The molecule has 1 aliphatic carbocycles. The Balaban J connectivity index is 2.00. The number of nitrogens with zero attached hydrogens (tertiary/aromatic N) is 2. The number of carboxylic acid groups (broad SMARTS) is 1. The molecule has 1 amide bonds. The number of hydrogen-bond acceptors (Lipinski definition) is 4. The highest BCUT2D eigenvalue weighted by Crippen LogP contribution is 2.30. The van der Waals surface area contributed by atoms with Crippen LogP contribution >= 0.6 is 0 Å². The van der Waals surface area contributed by atoms with Crippen LogP contribution in [0.2, 0.25) is 0 Å². The van der Waals surface area contributed by atoms with Gasteiger partial charge in [-0.05, 0) is 19.8 Å². The number of carboxylic acids is 1. The van der Waals surface area contributed by atoms with Crippen molar-refractivity contribution in [3.63, 3.8) is 0 Å². The summed E-state index contributed by atoms with van der Waals surface area (Å²) in [7, 11) is 0. The van der Waals surface area contributed by atoms with Crippen LogP contribution in [0, 0.1) is 11.8 Å². The van der Waals surface area contributed by atoms with Crippen molar-refractivity contribution in [3.05, 3.63) is 12.2 Å². The van der Waals surface area contributed by atoms with Gasteiger partial charge in [-0.15, -0.1) is 0 Å². The topological polar surface area (TPSA) is 108 Å². The molecule has 0 radical (unpaired) electrons. The Labute approximate surface area is 110 Å². The van der Waals surface area contributed by atoms with E-state index in [4.69, 9.17) is 5.11 Å². The molecule has 3 N–H and O–H groups in total. The SMILES string of the molecule is CC(NC(=O)[C@@H]1CCCC[C@@H]1C(=O)O)c1ncn[nH]1. The van der Waals surface area contributed by atoms with Gasteiger partial charge in [-0.3, -0.25) is 14.7 Å². The van der Waals surface area contributed by atoms with E-state index in [1.54, 1.807) is 6.92 Å². The van der Waals surface area contributed by atoms with E-state index in [0.717, 1.165) is 12.8 Å². The van der Waals surface area contributed by atoms with Crippen LogP contribution in [0.3, 0.4) is 0 Å². The summed E-state index contributed by atoms with van der Waals surface area (Å²) < 4.78 is 0. The predicted molar refractivity (Wildman–Crippen MR) is 66.0 cm³/mol. The fourth-order valence-corrected chi connectivity index (χ4v) is 2.55. The Kier molecular flexibility index (Phi) is 4.13. The summed E-state index contributed by atoms with van der Waals surface area (Å²) in [5, 5.41) is 18.4. The van der Waals surface area contributed by atoms with Gasteiger partial charge in [0.05, 0.1) is 17.9 Å². The van der Waals surface area contributed by atoms with Gasteiger partial charge in [-0.1, -0.05) is 12.8 Å². The summed E-state index contributed by atoms with van der Waals surface area (Å²) in [6, 6.07) is -0.300. The zero-order chi connectivity index (χ0) is 13.8. The van der Waals surface area contributed by atoms with E-state index in [2.05, 4.69) is 20.5 Å². The first-order valence-corrected chi connectivity index (χ1v) is 6.48. The smallest absolute Gasteiger partial charge is 0.307 e. The van der Waals surface area contributed by atoms with E-state index in [-0.39, 0.29) is 11.9 Å². The van der Waals surface area contributed by atoms with Crippen molar-refractivity contribution in [1.82, 2.24) is 20.5 Å². The molecule has 1 saturated carbocycles. The number of aromatic amines is 1. The molecule has 1 heterocycles. The molecule has 3 atom stereocenters. The highest BCUT2D eigenvalue weighted by Gasteiger charge is 2.36. The first-order chi connectivity index (χ1) is 9.09. The molecule has 0 spiro atoms. The Hall–Kier alpha value is -1.92. The number of rotatable bonds is 4. The largest absolute Gasteiger partial charge is 0.481 e. The summed E-state index contributed by atoms with van der Waals surface area (Å²) in [4.78, 5) is 27.3. The number of carbonyl (C=O) groups is 2. The Bertz CT molecular complexity index is 446. The van der Waals surface area contributed by atoms with Gasteiger partial charge in [-0.2, -0.15) is 5.10 Å². The van der Waals surface area contributed by atoms with Crippen LogP contribution in [0.25, 0.3) is 0 Å². The first kappa shape index (κ1) is 13.5. The number of aliphatic carboxylic acids is 1. The second-order valence-electron chi connectivity index (χ2n) is 4.94. The fourth-order valence-electron chi connectivity index (χ4n) is 2.55. The molecule has 0 aromatic carbocycles. The summed E-state index contributed by atoms with van der Waals surface area (Å²) >= 11 is 0. The average Bonchev–Trinajstić information content (AvgIpc) is 2.92. The lowest BCUT2D eigenvalue weighted by Crippen LogP contribution is -2.40. The number of nitrogens with one attached hydrogen (secondary N) is 2. The van der Waals surface area contributed by atoms with Gasteiger partial charge in [0.1, 0.15) is 12.2 Å². The van der Waals surface area contributed by atoms with E-state index < -0.39 is 17.8 Å². The molecule has 1 aliphatic rings. The fraction of sp³-hybridized carbons (Fsp3) is 0.667. The Morgan fingerprint density at radius 3 is 2.68 bits per heavy atom. The molecule has 1 fully saturated rings. The summed E-state index contributed by atoms with van der Waals surface area (Å²) in [6.07, 6.45) is 4.35. The zero-order valence-electron chi connectivity index (χ0n) is 10.8. The molecule has 0 aliphatic heterocycles. The summed E-state index contributed by atoms with van der Waals surface area (Å²) in [5.74, 6) is -1.55. The van der Waals surface area contributed by atoms with Crippen LogP contribution in [0.4, 0.5) is 0 Å². The number of H-pyrrole nitrogens is 1. The lowest BCUT2D eigenvalue weighted by molar-refractivity contribution is -0.149. The zero-order valence-corrected chi connectivity index (χ0v) is 10.8. The van der Waals surface area contributed by atoms with Crippen LogP contribution in [0.1, 0.15) is 44.5 Å². The minimum Gasteiger partial charge on any atom is -0.481 e. The molecule has 104 valence electrons. The van der Waals surface area contributed by atoms with Crippen molar-refractivity contribution >= 4 is 11.9 Å². The number of aromatic nitrogens is 3. The van der Waals surface area contributed by atoms with Gasteiger partial charge in [0.2, 0.25) is 5.91 Å². The van der Waals surface area contributed by atoms with Crippen molar-refractivity contribution < 1.29 is 14.7 Å². The van der Waals surface area contributed by atoms with E-state index in [1.807, 2.05) is 0 Å². The minimum atomic E-state index is -0.882. The summed E-state index contributed by atoms with van der Waals surface area (Å²) in [6.45, 7) is 1.79.